The minimum atomic E-state index is -2.93. The first kappa shape index (κ1) is 19.2. The van der Waals surface area contributed by atoms with Gasteiger partial charge in [-0.3, -0.25) is 4.99 Å². The van der Waals surface area contributed by atoms with E-state index in [9.17, 15) is 8.42 Å². The van der Waals surface area contributed by atoms with Gasteiger partial charge in [0.2, 0.25) is 0 Å². The lowest BCUT2D eigenvalue weighted by Gasteiger charge is -2.59. The zero-order valence-electron chi connectivity index (χ0n) is 14.9. The smallest absolute Gasteiger partial charge is 0.191 e. The van der Waals surface area contributed by atoms with Gasteiger partial charge in [-0.1, -0.05) is 13.8 Å². The van der Waals surface area contributed by atoms with E-state index < -0.39 is 9.84 Å². The Morgan fingerprint density at radius 3 is 2.41 bits per heavy atom. The van der Waals surface area contributed by atoms with Gasteiger partial charge in [-0.15, -0.1) is 0 Å². The van der Waals surface area contributed by atoms with Crippen LogP contribution in [0.1, 0.15) is 40.5 Å². The SMILES string of the molecule is CN=C(NC(C)CCS(C)(=O)=O)NC1CC(C)(OC)C1(C)C. The number of nitrogens with zero attached hydrogens (tertiary/aromatic N) is 1. The highest BCUT2D eigenvalue weighted by molar-refractivity contribution is 7.90. The molecular formula is C15H31N3O3S. The summed E-state index contributed by atoms with van der Waals surface area (Å²) in [5.41, 5.74) is -0.138. The molecule has 1 aliphatic carbocycles. The number of sulfone groups is 1. The Morgan fingerprint density at radius 2 is 2.00 bits per heavy atom. The van der Waals surface area contributed by atoms with E-state index in [1.54, 1.807) is 14.2 Å². The van der Waals surface area contributed by atoms with E-state index in [0.29, 0.717) is 12.4 Å². The lowest BCUT2D eigenvalue weighted by atomic mass is 9.56. The number of rotatable bonds is 6. The summed E-state index contributed by atoms with van der Waals surface area (Å²) in [7, 11) is 0.538. The molecule has 2 N–H and O–H groups in total. The van der Waals surface area contributed by atoms with E-state index in [2.05, 4.69) is 36.4 Å². The van der Waals surface area contributed by atoms with Crippen LogP contribution >= 0.6 is 0 Å². The van der Waals surface area contributed by atoms with Crippen LogP contribution in [-0.2, 0) is 14.6 Å². The molecule has 3 atom stereocenters. The Balaban J connectivity index is 2.54. The summed E-state index contributed by atoms with van der Waals surface area (Å²) in [6.07, 6.45) is 2.73. The molecular weight excluding hydrogens is 302 g/mol. The summed E-state index contributed by atoms with van der Waals surface area (Å²) < 4.78 is 28.1. The standard InChI is InChI=1S/C15H31N3O3S/c1-11(8-9-22(7,19)20)17-13(16-5)18-12-10-15(4,21-6)14(12,2)3/h11-12H,8-10H2,1-7H3,(H2,16,17,18). The highest BCUT2D eigenvalue weighted by Gasteiger charge is 2.58. The predicted molar refractivity (Wildman–Crippen MR) is 91.0 cm³/mol. The van der Waals surface area contributed by atoms with Gasteiger partial charge >= 0.3 is 0 Å². The van der Waals surface area contributed by atoms with Gasteiger partial charge in [0.25, 0.3) is 0 Å². The summed E-state index contributed by atoms with van der Waals surface area (Å²) in [6, 6.07) is 0.309. The van der Waals surface area contributed by atoms with Crippen LogP contribution in [0.15, 0.2) is 4.99 Å². The number of guanidine groups is 1. The molecule has 130 valence electrons. The van der Waals surface area contributed by atoms with Gasteiger partial charge in [0.1, 0.15) is 9.84 Å². The topological polar surface area (TPSA) is 79.8 Å². The fourth-order valence-electron chi connectivity index (χ4n) is 2.76. The second-order valence-corrected chi connectivity index (χ2v) is 9.35. The van der Waals surface area contributed by atoms with Crippen LogP contribution in [0, 0.1) is 5.41 Å². The molecule has 1 aliphatic rings. The maximum Gasteiger partial charge on any atom is 0.191 e. The fourth-order valence-corrected chi connectivity index (χ4v) is 3.54. The van der Waals surface area contributed by atoms with Crippen LogP contribution < -0.4 is 10.6 Å². The van der Waals surface area contributed by atoms with Crippen molar-refractivity contribution in [2.45, 2.75) is 58.2 Å². The van der Waals surface area contributed by atoms with Gasteiger partial charge < -0.3 is 15.4 Å². The van der Waals surface area contributed by atoms with Crippen molar-refractivity contribution in [2.24, 2.45) is 10.4 Å². The largest absolute Gasteiger partial charge is 0.378 e. The number of aliphatic imine (C=N–C) groups is 1. The van der Waals surface area contributed by atoms with Gasteiger partial charge in [-0.05, 0) is 26.7 Å². The summed E-state index contributed by atoms with van der Waals surface area (Å²) >= 11 is 0. The molecule has 6 nitrogen and oxygen atoms in total. The van der Waals surface area contributed by atoms with Crippen LogP contribution in [0.2, 0.25) is 0 Å². The predicted octanol–water partition coefficient (Wildman–Crippen LogP) is 1.18. The van der Waals surface area contributed by atoms with Gasteiger partial charge in [-0.25, -0.2) is 8.42 Å². The summed E-state index contributed by atoms with van der Waals surface area (Å²) in [5.74, 6) is 0.881. The normalized spacial score (nSPS) is 29.6. The molecule has 0 aromatic carbocycles. The molecule has 3 unspecified atom stereocenters. The zero-order chi connectivity index (χ0) is 17.2. The average molecular weight is 333 g/mol. The Morgan fingerprint density at radius 1 is 1.41 bits per heavy atom. The number of ether oxygens (including phenoxy) is 1. The first-order valence-electron chi connectivity index (χ1n) is 7.68. The van der Waals surface area contributed by atoms with Gasteiger partial charge in [-0.2, -0.15) is 0 Å². The van der Waals surface area contributed by atoms with Gasteiger partial charge in [0.15, 0.2) is 5.96 Å². The van der Waals surface area contributed by atoms with Crippen LogP contribution in [0.4, 0.5) is 0 Å². The third-order valence-electron chi connectivity index (χ3n) is 5.12. The van der Waals surface area contributed by atoms with E-state index in [1.165, 1.54) is 6.26 Å². The Hall–Kier alpha value is -0.820. The quantitative estimate of drug-likeness (QED) is 0.563. The number of methoxy groups -OCH3 is 1. The van der Waals surface area contributed by atoms with Gasteiger partial charge in [0.05, 0.1) is 11.4 Å². The second kappa shape index (κ2) is 6.74. The zero-order valence-corrected chi connectivity index (χ0v) is 15.7. The molecule has 1 saturated carbocycles. The maximum absolute atomic E-state index is 11.2. The van der Waals surface area contributed by atoms with Crippen LogP contribution in [-0.4, -0.2) is 58.2 Å². The third kappa shape index (κ3) is 4.35. The van der Waals surface area contributed by atoms with Crippen molar-refractivity contribution in [3.8, 4) is 0 Å². The maximum atomic E-state index is 11.2. The molecule has 7 heteroatoms. The van der Waals surface area contributed by atoms with Gasteiger partial charge in [0, 0.05) is 37.9 Å². The monoisotopic (exact) mass is 333 g/mol. The highest BCUT2D eigenvalue weighted by atomic mass is 32.2. The average Bonchev–Trinajstić information content (AvgIpc) is 2.42. The second-order valence-electron chi connectivity index (χ2n) is 7.09. The van der Waals surface area contributed by atoms with Crippen molar-refractivity contribution in [2.75, 3.05) is 26.2 Å². The van der Waals surface area contributed by atoms with Crippen LogP contribution in [0.25, 0.3) is 0 Å². The highest BCUT2D eigenvalue weighted by Crippen LogP contribution is 2.51. The van der Waals surface area contributed by atoms with Crippen molar-refractivity contribution in [3.63, 3.8) is 0 Å². The lowest BCUT2D eigenvalue weighted by Crippen LogP contribution is -2.69. The lowest BCUT2D eigenvalue weighted by molar-refractivity contribution is -0.176. The summed E-state index contributed by atoms with van der Waals surface area (Å²) in [6.45, 7) is 8.44. The molecule has 0 amide bonds. The van der Waals surface area contributed by atoms with Crippen molar-refractivity contribution in [1.29, 1.82) is 0 Å². The first-order valence-corrected chi connectivity index (χ1v) is 9.74. The number of nitrogens with one attached hydrogen (secondary N) is 2. The first-order chi connectivity index (χ1) is 9.95. The van der Waals surface area contributed by atoms with E-state index in [4.69, 9.17) is 4.74 Å². The summed E-state index contributed by atoms with van der Waals surface area (Å²) in [4.78, 5) is 4.24. The number of hydrogen-bond donors (Lipinski definition) is 2. The molecule has 1 fully saturated rings. The van der Waals surface area contributed by atoms with Crippen molar-refractivity contribution in [1.82, 2.24) is 10.6 Å². The molecule has 0 saturated heterocycles. The molecule has 0 radical (unpaired) electrons. The Bertz CT molecular complexity index is 516. The van der Waals surface area contributed by atoms with E-state index in [0.717, 1.165) is 6.42 Å². The van der Waals surface area contributed by atoms with E-state index >= 15 is 0 Å². The molecule has 0 heterocycles. The number of hydrogen-bond acceptors (Lipinski definition) is 4. The Kier molecular flexibility index (Phi) is 5.89. The molecule has 0 aromatic rings. The molecule has 0 bridgehead atoms. The molecule has 1 rings (SSSR count). The molecule has 22 heavy (non-hydrogen) atoms. The summed E-state index contributed by atoms with van der Waals surface area (Å²) in [5, 5.41) is 6.68. The molecule has 0 aliphatic heterocycles. The van der Waals surface area contributed by atoms with E-state index in [-0.39, 0.29) is 28.9 Å². The van der Waals surface area contributed by atoms with Crippen molar-refractivity contribution < 1.29 is 13.2 Å². The van der Waals surface area contributed by atoms with Crippen molar-refractivity contribution >= 4 is 15.8 Å². The van der Waals surface area contributed by atoms with Crippen LogP contribution in [0.5, 0.6) is 0 Å². The fraction of sp³-hybridized carbons (Fsp3) is 0.933. The van der Waals surface area contributed by atoms with Crippen LogP contribution in [0.3, 0.4) is 0 Å². The minimum Gasteiger partial charge on any atom is -0.378 e. The molecule has 0 aromatic heterocycles. The van der Waals surface area contributed by atoms with Crippen molar-refractivity contribution in [3.05, 3.63) is 0 Å². The molecule has 0 spiro atoms. The Labute approximate surface area is 135 Å². The third-order valence-corrected chi connectivity index (χ3v) is 6.09. The minimum absolute atomic E-state index is 0.00460. The van der Waals surface area contributed by atoms with E-state index in [1.807, 2.05) is 6.92 Å².